The minimum absolute atomic E-state index is 0.230. The molecular formula is C10H12N2O2. The maximum absolute atomic E-state index is 11.6. The summed E-state index contributed by atoms with van der Waals surface area (Å²) in [5, 5.41) is 0. The molecule has 0 unspecified atom stereocenters. The van der Waals surface area contributed by atoms with Crippen molar-refractivity contribution < 1.29 is 0 Å². The van der Waals surface area contributed by atoms with Gasteiger partial charge in [-0.15, -0.1) is 6.42 Å². The fourth-order valence-corrected chi connectivity index (χ4v) is 1.26. The molecular weight excluding hydrogens is 180 g/mol. The number of aromatic nitrogens is 2. The van der Waals surface area contributed by atoms with E-state index in [1.54, 1.807) is 6.92 Å². The molecule has 0 spiro atoms. The first-order valence-corrected chi connectivity index (χ1v) is 4.46. The predicted molar refractivity (Wildman–Crippen MR) is 54.2 cm³/mol. The summed E-state index contributed by atoms with van der Waals surface area (Å²) in [6.07, 6.45) is 6.60. The number of rotatable bonds is 2. The highest BCUT2D eigenvalue weighted by atomic mass is 16.2. The molecule has 0 bridgehead atoms. The topological polar surface area (TPSA) is 44.0 Å². The van der Waals surface area contributed by atoms with E-state index >= 15 is 0 Å². The number of aryl methyl sites for hydroxylation is 1. The van der Waals surface area contributed by atoms with Gasteiger partial charge in [-0.05, 0) is 13.8 Å². The molecule has 1 heterocycles. The van der Waals surface area contributed by atoms with Crippen molar-refractivity contribution in [1.29, 1.82) is 0 Å². The molecule has 0 radical (unpaired) electrons. The zero-order valence-electron chi connectivity index (χ0n) is 8.28. The average molecular weight is 192 g/mol. The lowest BCUT2D eigenvalue weighted by Gasteiger charge is -2.06. The molecule has 0 saturated heterocycles. The van der Waals surface area contributed by atoms with Crippen molar-refractivity contribution in [3.8, 4) is 12.3 Å². The van der Waals surface area contributed by atoms with Gasteiger partial charge in [-0.1, -0.05) is 5.92 Å². The molecule has 1 aromatic heterocycles. The standard InChI is InChI=1S/C10H12N2O2/c1-4-8-7-11(5-2)10(14)12(6-3)9(8)13/h1,7H,5-6H2,2-3H3. The van der Waals surface area contributed by atoms with Gasteiger partial charge in [0, 0.05) is 19.3 Å². The van der Waals surface area contributed by atoms with E-state index < -0.39 is 0 Å². The molecule has 0 N–H and O–H groups in total. The Kier molecular flexibility index (Phi) is 2.92. The molecule has 74 valence electrons. The minimum atomic E-state index is -0.385. The van der Waals surface area contributed by atoms with E-state index in [2.05, 4.69) is 5.92 Å². The molecule has 0 fully saturated rings. The van der Waals surface area contributed by atoms with Gasteiger partial charge in [-0.3, -0.25) is 13.9 Å². The minimum Gasteiger partial charge on any atom is -0.299 e. The normalized spacial score (nSPS) is 9.79. The third kappa shape index (κ3) is 1.49. The third-order valence-corrected chi connectivity index (χ3v) is 2.05. The Morgan fingerprint density at radius 2 is 2.00 bits per heavy atom. The summed E-state index contributed by atoms with van der Waals surface area (Å²) in [4.78, 5) is 23.1. The van der Waals surface area contributed by atoms with Crippen LogP contribution in [0.5, 0.6) is 0 Å². The van der Waals surface area contributed by atoms with E-state index in [0.717, 1.165) is 4.57 Å². The zero-order chi connectivity index (χ0) is 10.7. The van der Waals surface area contributed by atoms with E-state index in [1.807, 2.05) is 6.92 Å². The van der Waals surface area contributed by atoms with Crippen LogP contribution in [-0.4, -0.2) is 9.13 Å². The quantitative estimate of drug-likeness (QED) is 0.620. The third-order valence-electron chi connectivity index (χ3n) is 2.05. The van der Waals surface area contributed by atoms with Crippen molar-refractivity contribution in [2.24, 2.45) is 0 Å². The van der Waals surface area contributed by atoms with Crippen molar-refractivity contribution in [2.75, 3.05) is 0 Å². The van der Waals surface area contributed by atoms with Gasteiger partial charge in [0.15, 0.2) is 0 Å². The van der Waals surface area contributed by atoms with Crippen molar-refractivity contribution in [3.05, 3.63) is 32.6 Å². The van der Waals surface area contributed by atoms with Crippen LogP contribution in [0.1, 0.15) is 19.4 Å². The second-order valence-electron chi connectivity index (χ2n) is 2.81. The van der Waals surface area contributed by atoms with Gasteiger partial charge in [0.1, 0.15) is 5.56 Å². The summed E-state index contributed by atoms with van der Waals surface area (Å²) in [6.45, 7) is 4.41. The number of nitrogens with zero attached hydrogens (tertiary/aromatic N) is 2. The first-order chi connectivity index (χ1) is 6.65. The van der Waals surface area contributed by atoms with Gasteiger partial charge in [0.05, 0.1) is 0 Å². The van der Waals surface area contributed by atoms with Gasteiger partial charge in [-0.2, -0.15) is 0 Å². The Balaban J connectivity index is 3.67. The summed E-state index contributed by atoms with van der Waals surface area (Å²) in [5.41, 5.74) is -0.461. The Labute approximate surface area is 81.8 Å². The summed E-state index contributed by atoms with van der Waals surface area (Å²) < 4.78 is 2.57. The van der Waals surface area contributed by atoms with Crippen LogP contribution in [0.3, 0.4) is 0 Å². The van der Waals surface area contributed by atoms with Crippen LogP contribution in [0.15, 0.2) is 15.8 Å². The molecule has 0 aliphatic carbocycles. The molecule has 0 atom stereocenters. The van der Waals surface area contributed by atoms with Gasteiger partial charge < -0.3 is 0 Å². The number of hydrogen-bond acceptors (Lipinski definition) is 2. The van der Waals surface area contributed by atoms with Crippen LogP contribution in [0.25, 0.3) is 0 Å². The second-order valence-corrected chi connectivity index (χ2v) is 2.81. The predicted octanol–water partition coefficient (Wildman–Crippen LogP) is 0.0311. The summed E-state index contributed by atoms with van der Waals surface area (Å²) >= 11 is 0. The Hall–Kier alpha value is -1.76. The van der Waals surface area contributed by atoms with Gasteiger partial charge in [0.2, 0.25) is 0 Å². The highest BCUT2D eigenvalue weighted by Crippen LogP contribution is 1.86. The molecule has 1 aromatic rings. The maximum atomic E-state index is 11.6. The van der Waals surface area contributed by atoms with Crippen molar-refractivity contribution >= 4 is 0 Å². The van der Waals surface area contributed by atoms with E-state index in [-0.39, 0.29) is 16.8 Å². The first-order valence-electron chi connectivity index (χ1n) is 4.46. The lowest BCUT2D eigenvalue weighted by atomic mass is 10.3. The van der Waals surface area contributed by atoms with Gasteiger partial charge in [0.25, 0.3) is 5.56 Å². The lowest BCUT2D eigenvalue weighted by molar-refractivity contribution is 0.585. The fourth-order valence-electron chi connectivity index (χ4n) is 1.26. The molecule has 1 rings (SSSR count). The monoisotopic (exact) mass is 192 g/mol. The van der Waals surface area contributed by atoms with Gasteiger partial charge in [-0.25, -0.2) is 4.79 Å². The largest absolute Gasteiger partial charge is 0.331 e. The molecule has 0 aliphatic rings. The summed E-state index contributed by atoms with van der Waals surface area (Å²) in [6, 6.07) is 0. The highest BCUT2D eigenvalue weighted by molar-refractivity contribution is 5.26. The molecule has 14 heavy (non-hydrogen) atoms. The van der Waals surface area contributed by atoms with Gasteiger partial charge >= 0.3 is 5.69 Å². The number of hydrogen-bond donors (Lipinski definition) is 0. The maximum Gasteiger partial charge on any atom is 0.331 e. The fraction of sp³-hybridized carbons (Fsp3) is 0.400. The smallest absolute Gasteiger partial charge is 0.299 e. The molecule has 0 amide bonds. The molecule has 0 aliphatic heterocycles. The number of terminal acetylenes is 1. The average Bonchev–Trinajstić information content (AvgIpc) is 2.19. The Bertz CT molecular complexity index is 488. The molecule has 0 saturated carbocycles. The summed E-state index contributed by atoms with van der Waals surface area (Å²) in [7, 11) is 0. The van der Waals surface area contributed by atoms with Crippen LogP contribution in [0.2, 0.25) is 0 Å². The molecule has 4 nitrogen and oxygen atoms in total. The van der Waals surface area contributed by atoms with Crippen LogP contribution in [-0.2, 0) is 13.1 Å². The van der Waals surface area contributed by atoms with Crippen LogP contribution >= 0.6 is 0 Å². The van der Waals surface area contributed by atoms with Crippen molar-refractivity contribution in [2.45, 2.75) is 26.9 Å². The molecule has 4 heteroatoms. The van der Waals surface area contributed by atoms with Crippen LogP contribution in [0.4, 0.5) is 0 Å². The Morgan fingerprint density at radius 1 is 1.36 bits per heavy atom. The summed E-state index contributed by atoms with van der Waals surface area (Å²) in [5.74, 6) is 2.28. The first kappa shape index (κ1) is 10.3. The van der Waals surface area contributed by atoms with E-state index in [4.69, 9.17) is 6.42 Å². The Morgan fingerprint density at radius 3 is 2.43 bits per heavy atom. The van der Waals surface area contributed by atoms with Crippen LogP contribution in [0, 0.1) is 12.3 Å². The van der Waals surface area contributed by atoms with Crippen molar-refractivity contribution in [3.63, 3.8) is 0 Å². The van der Waals surface area contributed by atoms with Crippen molar-refractivity contribution in [1.82, 2.24) is 9.13 Å². The SMILES string of the molecule is C#Cc1cn(CC)c(=O)n(CC)c1=O. The van der Waals surface area contributed by atoms with E-state index in [0.29, 0.717) is 13.1 Å². The second kappa shape index (κ2) is 3.97. The molecule has 0 aromatic carbocycles. The van der Waals surface area contributed by atoms with Crippen LogP contribution < -0.4 is 11.2 Å². The highest BCUT2D eigenvalue weighted by Gasteiger charge is 2.06. The van der Waals surface area contributed by atoms with E-state index in [9.17, 15) is 9.59 Å². The van der Waals surface area contributed by atoms with E-state index in [1.165, 1.54) is 10.8 Å². The lowest BCUT2D eigenvalue weighted by Crippen LogP contribution is -2.40. The zero-order valence-corrected chi connectivity index (χ0v) is 8.28.